The first-order chi connectivity index (χ1) is 8.88. The summed E-state index contributed by atoms with van der Waals surface area (Å²) in [4.78, 5) is 26.5. The standard InChI is InChI=1S/C14H22N2O3/c1-6-10-14(7-2)9(11(17)19-5)8-13(3,16(14)4)12(18)15-10/h6,9H,7-8H2,1-5H3,(H,15,18)/b10-6-. The Labute approximate surface area is 114 Å². The molecule has 0 radical (unpaired) electrons. The summed E-state index contributed by atoms with van der Waals surface area (Å²) in [5.74, 6) is -0.602. The fourth-order valence-corrected chi connectivity index (χ4v) is 3.77. The summed E-state index contributed by atoms with van der Waals surface area (Å²) in [5.41, 5.74) is -0.306. The van der Waals surface area contributed by atoms with Gasteiger partial charge in [0.25, 0.3) is 0 Å². The summed E-state index contributed by atoms with van der Waals surface area (Å²) in [6.45, 7) is 5.82. The van der Waals surface area contributed by atoms with E-state index in [1.54, 1.807) is 0 Å². The number of fused-ring (bicyclic) bond motifs is 2. The number of nitrogens with zero attached hydrogens (tertiary/aromatic N) is 1. The molecule has 2 bridgehead atoms. The van der Waals surface area contributed by atoms with E-state index in [9.17, 15) is 9.59 Å². The number of allylic oxidation sites excluding steroid dienone is 1. The molecule has 0 aromatic carbocycles. The van der Waals surface area contributed by atoms with Crippen LogP contribution in [0.3, 0.4) is 0 Å². The highest BCUT2D eigenvalue weighted by Crippen LogP contribution is 2.52. The van der Waals surface area contributed by atoms with Crippen LogP contribution >= 0.6 is 0 Å². The third-order valence-corrected chi connectivity index (χ3v) is 5.03. The fraction of sp³-hybridized carbons (Fsp3) is 0.714. The average Bonchev–Trinajstić information content (AvgIpc) is 2.59. The summed E-state index contributed by atoms with van der Waals surface area (Å²) in [5, 5.41) is 2.97. The molecule has 5 heteroatoms. The molecule has 0 aromatic rings. The smallest absolute Gasteiger partial charge is 0.311 e. The molecular formula is C14H22N2O3. The lowest BCUT2D eigenvalue weighted by molar-refractivity contribution is -0.148. The minimum Gasteiger partial charge on any atom is -0.469 e. The van der Waals surface area contributed by atoms with E-state index in [4.69, 9.17) is 4.74 Å². The molecule has 5 nitrogen and oxygen atoms in total. The lowest BCUT2D eigenvalue weighted by Gasteiger charge is -2.49. The molecule has 1 N–H and O–H groups in total. The number of hydrogen-bond acceptors (Lipinski definition) is 4. The Morgan fingerprint density at radius 1 is 1.63 bits per heavy atom. The topological polar surface area (TPSA) is 58.6 Å². The van der Waals surface area contributed by atoms with Gasteiger partial charge >= 0.3 is 5.97 Å². The zero-order valence-electron chi connectivity index (χ0n) is 12.2. The predicted molar refractivity (Wildman–Crippen MR) is 71.2 cm³/mol. The first kappa shape index (κ1) is 14.1. The molecule has 19 heavy (non-hydrogen) atoms. The molecule has 0 aliphatic carbocycles. The van der Waals surface area contributed by atoms with Gasteiger partial charge in [0.1, 0.15) is 0 Å². The molecule has 106 valence electrons. The molecule has 2 aliphatic rings. The van der Waals surface area contributed by atoms with Crippen LogP contribution < -0.4 is 5.32 Å². The zero-order chi connectivity index (χ0) is 14.4. The van der Waals surface area contributed by atoms with Crippen LogP contribution in [-0.2, 0) is 14.3 Å². The van der Waals surface area contributed by atoms with Crippen LogP contribution in [0.4, 0.5) is 0 Å². The van der Waals surface area contributed by atoms with Crippen molar-refractivity contribution in [1.29, 1.82) is 0 Å². The quantitative estimate of drug-likeness (QED) is 0.759. The van der Waals surface area contributed by atoms with E-state index in [-0.39, 0.29) is 17.8 Å². The van der Waals surface area contributed by atoms with Crippen molar-refractivity contribution in [2.45, 2.75) is 44.7 Å². The second kappa shape index (κ2) is 4.34. The molecule has 2 saturated heterocycles. The third-order valence-electron chi connectivity index (χ3n) is 5.03. The van der Waals surface area contributed by atoms with Crippen molar-refractivity contribution >= 4 is 11.9 Å². The van der Waals surface area contributed by atoms with E-state index in [0.717, 1.165) is 12.1 Å². The first-order valence-electron chi connectivity index (χ1n) is 6.68. The van der Waals surface area contributed by atoms with Gasteiger partial charge in [-0.3, -0.25) is 14.5 Å². The van der Waals surface area contributed by atoms with Gasteiger partial charge in [-0.25, -0.2) is 0 Å². The van der Waals surface area contributed by atoms with Crippen LogP contribution in [0.1, 0.15) is 33.6 Å². The molecule has 0 spiro atoms. The number of carbonyl (C=O) groups is 2. The Bertz CT molecular complexity index is 460. The molecule has 0 saturated carbocycles. The van der Waals surface area contributed by atoms with Crippen molar-refractivity contribution < 1.29 is 14.3 Å². The number of likely N-dealkylation sites (N-methyl/N-ethyl adjacent to an activating group) is 1. The van der Waals surface area contributed by atoms with Crippen molar-refractivity contribution in [1.82, 2.24) is 10.2 Å². The number of methoxy groups -OCH3 is 1. The molecule has 3 unspecified atom stereocenters. The average molecular weight is 266 g/mol. The van der Waals surface area contributed by atoms with Gasteiger partial charge in [0, 0.05) is 5.70 Å². The van der Waals surface area contributed by atoms with Crippen LogP contribution in [0.5, 0.6) is 0 Å². The van der Waals surface area contributed by atoms with Gasteiger partial charge in [-0.05, 0) is 33.7 Å². The molecule has 1 amide bonds. The minimum absolute atomic E-state index is 0.0430. The highest BCUT2D eigenvalue weighted by Gasteiger charge is 2.66. The van der Waals surface area contributed by atoms with Crippen LogP contribution in [-0.4, -0.2) is 42.0 Å². The number of nitrogens with one attached hydrogen (secondary N) is 1. The van der Waals surface area contributed by atoms with Gasteiger partial charge in [-0.2, -0.15) is 0 Å². The number of piperazine rings is 1. The molecule has 2 aliphatic heterocycles. The lowest BCUT2D eigenvalue weighted by atomic mass is 9.79. The number of hydrogen-bond donors (Lipinski definition) is 1. The van der Waals surface area contributed by atoms with Crippen LogP contribution in [0, 0.1) is 5.92 Å². The van der Waals surface area contributed by atoms with Crippen LogP contribution in [0.25, 0.3) is 0 Å². The highest BCUT2D eigenvalue weighted by molar-refractivity contribution is 5.93. The Hall–Kier alpha value is -1.36. The maximum absolute atomic E-state index is 12.3. The summed E-state index contributed by atoms with van der Waals surface area (Å²) < 4.78 is 4.96. The van der Waals surface area contributed by atoms with Crippen molar-refractivity contribution in [2.24, 2.45) is 5.92 Å². The molecule has 2 heterocycles. The van der Waals surface area contributed by atoms with E-state index in [2.05, 4.69) is 10.2 Å². The van der Waals surface area contributed by atoms with Crippen molar-refractivity contribution in [3.05, 3.63) is 11.8 Å². The van der Waals surface area contributed by atoms with E-state index in [0.29, 0.717) is 6.42 Å². The van der Waals surface area contributed by atoms with Crippen LogP contribution in [0.2, 0.25) is 0 Å². The van der Waals surface area contributed by atoms with Gasteiger partial charge in [0.15, 0.2) is 0 Å². The first-order valence-corrected chi connectivity index (χ1v) is 6.68. The predicted octanol–water partition coefficient (Wildman–Crippen LogP) is 1.05. The van der Waals surface area contributed by atoms with E-state index >= 15 is 0 Å². The summed E-state index contributed by atoms with van der Waals surface area (Å²) in [6, 6.07) is 0. The second-order valence-corrected chi connectivity index (χ2v) is 5.55. The van der Waals surface area contributed by atoms with Gasteiger partial charge in [0.2, 0.25) is 5.91 Å². The fourth-order valence-electron chi connectivity index (χ4n) is 3.77. The number of ether oxygens (including phenoxy) is 1. The van der Waals surface area contributed by atoms with Crippen LogP contribution in [0.15, 0.2) is 11.8 Å². The zero-order valence-corrected chi connectivity index (χ0v) is 12.2. The normalized spacial score (nSPS) is 40.4. The van der Waals surface area contributed by atoms with E-state index in [1.807, 2.05) is 33.9 Å². The Balaban J connectivity index is 2.62. The summed E-state index contributed by atoms with van der Waals surface area (Å²) in [6.07, 6.45) is 3.13. The van der Waals surface area contributed by atoms with Gasteiger partial charge in [0.05, 0.1) is 24.1 Å². The van der Waals surface area contributed by atoms with Gasteiger partial charge in [-0.15, -0.1) is 0 Å². The monoisotopic (exact) mass is 266 g/mol. The second-order valence-electron chi connectivity index (χ2n) is 5.55. The molecule has 3 atom stereocenters. The Morgan fingerprint density at radius 3 is 2.74 bits per heavy atom. The minimum atomic E-state index is -0.651. The number of carbonyl (C=O) groups excluding carboxylic acids is 2. The number of rotatable bonds is 2. The SMILES string of the molecule is C/C=C1\NC(=O)C2(C)CC(C(=O)OC)C1(CC)N2C. The third kappa shape index (κ3) is 1.51. The lowest BCUT2D eigenvalue weighted by Crippen LogP contribution is -2.66. The summed E-state index contributed by atoms with van der Waals surface area (Å²) in [7, 11) is 3.33. The Morgan fingerprint density at radius 2 is 2.26 bits per heavy atom. The molecule has 0 aromatic heterocycles. The maximum Gasteiger partial charge on any atom is 0.311 e. The van der Waals surface area contributed by atoms with Crippen molar-refractivity contribution in [3.63, 3.8) is 0 Å². The van der Waals surface area contributed by atoms with E-state index < -0.39 is 11.1 Å². The van der Waals surface area contributed by atoms with E-state index in [1.165, 1.54) is 7.11 Å². The Kier molecular flexibility index (Phi) is 3.21. The number of esters is 1. The largest absolute Gasteiger partial charge is 0.469 e. The molecular weight excluding hydrogens is 244 g/mol. The highest BCUT2D eigenvalue weighted by atomic mass is 16.5. The molecule has 2 fully saturated rings. The molecule has 2 rings (SSSR count). The van der Waals surface area contributed by atoms with Crippen molar-refractivity contribution in [2.75, 3.05) is 14.2 Å². The summed E-state index contributed by atoms with van der Waals surface area (Å²) >= 11 is 0. The van der Waals surface area contributed by atoms with Crippen molar-refractivity contribution in [3.8, 4) is 0 Å². The van der Waals surface area contributed by atoms with Gasteiger partial charge < -0.3 is 10.1 Å². The number of amides is 1. The van der Waals surface area contributed by atoms with Gasteiger partial charge in [-0.1, -0.05) is 13.0 Å². The maximum atomic E-state index is 12.3.